The first kappa shape index (κ1) is 16.0. The van der Waals surface area contributed by atoms with Crippen LogP contribution < -0.4 is 5.32 Å². The van der Waals surface area contributed by atoms with Crippen molar-refractivity contribution in [2.75, 3.05) is 11.9 Å². The summed E-state index contributed by atoms with van der Waals surface area (Å²) in [5, 5.41) is 5.31. The second-order valence-corrected chi connectivity index (χ2v) is 7.66. The first-order valence-corrected chi connectivity index (χ1v) is 8.57. The zero-order chi connectivity index (χ0) is 16.4. The van der Waals surface area contributed by atoms with E-state index in [4.69, 9.17) is 4.98 Å². The number of nitrogens with zero attached hydrogens (tertiary/aromatic N) is 4. The fourth-order valence-corrected chi connectivity index (χ4v) is 3.01. The standard InChI is InChI=1S/C16H21N5OS/c1-16(2,3)14-18-8-11-9-21(10-12(11)19-14)6-4-13(22)20-15-17-5-7-23-15/h5,7-8H,4,6,9-10H2,1-3H3,(H,17,20,22). The highest BCUT2D eigenvalue weighted by Gasteiger charge is 2.25. The summed E-state index contributed by atoms with van der Waals surface area (Å²) in [6, 6.07) is 0. The van der Waals surface area contributed by atoms with Gasteiger partial charge in [0.15, 0.2) is 5.13 Å². The molecule has 0 aliphatic carbocycles. The maximum absolute atomic E-state index is 11.9. The molecule has 7 heteroatoms. The van der Waals surface area contributed by atoms with E-state index in [-0.39, 0.29) is 11.3 Å². The van der Waals surface area contributed by atoms with Crippen molar-refractivity contribution in [1.29, 1.82) is 0 Å². The lowest BCUT2D eigenvalue weighted by molar-refractivity contribution is -0.116. The fraction of sp³-hybridized carbons (Fsp3) is 0.500. The molecule has 122 valence electrons. The molecule has 23 heavy (non-hydrogen) atoms. The van der Waals surface area contributed by atoms with Gasteiger partial charge in [-0.25, -0.2) is 15.0 Å². The quantitative estimate of drug-likeness (QED) is 0.932. The number of hydrogen-bond donors (Lipinski definition) is 1. The van der Waals surface area contributed by atoms with Crippen LogP contribution in [0.2, 0.25) is 0 Å². The van der Waals surface area contributed by atoms with Crippen molar-refractivity contribution in [3.63, 3.8) is 0 Å². The fourth-order valence-electron chi connectivity index (χ4n) is 2.47. The lowest BCUT2D eigenvalue weighted by Crippen LogP contribution is -2.23. The highest BCUT2D eigenvalue weighted by molar-refractivity contribution is 7.13. The van der Waals surface area contributed by atoms with Gasteiger partial charge in [-0.15, -0.1) is 11.3 Å². The van der Waals surface area contributed by atoms with E-state index in [0.717, 1.165) is 24.6 Å². The number of fused-ring (bicyclic) bond motifs is 1. The highest BCUT2D eigenvalue weighted by Crippen LogP contribution is 2.24. The molecule has 0 unspecified atom stereocenters. The van der Waals surface area contributed by atoms with Crippen molar-refractivity contribution in [3.8, 4) is 0 Å². The van der Waals surface area contributed by atoms with Crippen molar-refractivity contribution < 1.29 is 4.79 Å². The van der Waals surface area contributed by atoms with Gasteiger partial charge in [-0.2, -0.15) is 0 Å². The molecule has 1 N–H and O–H groups in total. The Hall–Kier alpha value is -1.86. The Morgan fingerprint density at radius 2 is 2.17 bits per heavy atom. The SMILES string of the molecule is CC(C)(C)c1ncc2c(n1)CN(CCC(=O)Nc1nccs1)C2. The van der Waals surface area contributed by atoms with Crippen molar-refractivity contribution >= 4 is 22.4 Å². The summed E-state index contributed by atoms with van der Waals surface area (Å²) >= 11 is 1.43. The molecule has 3 rings (SSSR count). The van der Waals surface area contributed by atoms with Gasteiger partial charge in [-0.3, -0.25) is 9.69 Å². The number of nitrogens with one attached hydrogen (secondary N) is 1. The monoisotopic (exact) mass is 331 g/mol. The van der Waals surface area contributed by atoms with Crippen molar-refractivity contribution in [1.82, 2.24) is 19.9 Å². The first-order valence-electron chi connectivity index (χ1n) is 7.69. The maximum atomic E-state index is 11.9. The molecule has 0 radical (unpaired) electrons. The molecule has 0 atom stereocenters. The molecule has 0 spiro atoms. The molecule has 1 aliphatic heterocycles. The van der Waals surface area contributed by atoms with Crippen molar-refractivity contribution in [2.45, 2.75) is 45.7 Å². The summed E-state index contributed by atoms with van der Waals surface area (Å²) in [6.45, 7) is 8.65. The Bertz CT molecular complexity index is 693. The van der Waals surface area contributed by atoms with Gasteiger partial charge in [0.2, 0.25) is 5.91 Å². The third kappa shape index (κ3) is 3.92. The molecule has 0 fully saturated rings. The number of anilines is 1. The molecule has 2 aromatic rings. The van der Waals surface area contributed by atoms with Crippen LogP contribution in [-0.4, -0.2) is 32.3 Å². The van der Waals surface area contributed by atoms with Gasteiger partial charge >= 0.3 is 0 Å². The van der Waals surface area contributed by atoms with Crippen molar-refractivity contribution in [3.05, 3.63) is 34.9 Å². The smallest absolute Gasteiger partial charge is 0.227 e. The molecule has 0 bridgehead atoms. The van der Waals surface area contributed by atoms with Gasteiger partial charge in [0.25, 0.3) is 0 Å². The van der Waals surface area contributed by atoms with Crippen molar-refractivity contribution in [2.24, 2.45) is 0 Å². The summed E-state index contributed by atoms with van der Waals surface area (Å²) in [5.41, 5.74) is 2.21. The Balaban J connectivity index is 1.54. The van der Waals surface area contributed by atoms with E-state index in [0.29, 0.717) is 18.1 Å². The van der Waals surface area contributed by atoms with E-state index in [1.807, 2.05) is 11.6 Å². The van der Waals surface area contributed by atoms with Crippen LogP contribution in [0.4, 0.5) is 5.13 Å². The number of hydrogen-bond acceptors (Lipinski definition) is 6. The molecule has 1 aliphatic rings. The summed E-state index contributed by atoms with van der Waals surface area (Å²) in [7, 11) is 0. The minimum atomic E-state index is -0.0456. The van der Waals surface area contributed by atoms with Gasteiger partial charge in [0.05, 0.1) is 5.69 Å². The van der Waals surface area contributed by atoms with Crippen LogP contribution in [0.15, 0.2) is 17.8 Å². The average molecular weight is 331 g/mol. The van der Waals surface area contributed by atoms with Crippen LogP contribution in [0.25, 0.3) is 0 Å². The second-order valence-electron chi connectivity index (χ2n) is 6.76. The zero-order valence-corrected chi connectivity index (χ0v) is 14.5. The van der Waals surface area contributed by atoms with Gasteiger partial charge in [-0.05, 0) is 0 Å². The van der Waals surface area contributed by atoms with Crippen LogP contribution in [0, 0.1) is 0 Å². The van der Waals surface area contributed by atoms with Gasteiger partial charge in [0, 0.05) is 54.8 Å². The molecule has 6 nitrogen and oxygen atoms in total. The van der Waals surface area contributed by atoms with Crippen LogP contribution in [0.5, 0.6) is 0 Å². The summed E-state index contributed by atoms with van der Waals surface area (Å²) in [5.74, 6) is 0.872. The van der Waals surface area contributed by atoms with E-state index in [2.05, 4.69) is 41.0 Å². The second kappa shape index (κ2) is 6.33. The number of aromatic nitrogens is 3. The largest absolute Gasteiger partial charge is 0.302 e. The third-order valence-corrected chi connectivity index (χ3v) is 4.41. The number of thiazole rings is 1. The predicted molar refractivity (Wildman–Crippen MR) is 90.2 cm³/mol. The molecule has 0 aromatic carbocycles. The van der Waals surface area contributed by atoms with Gasteiger partial charge < -0.3 is 5.32 Å². The molecular weight excluding hydrogens is 310 g/mol. The Morgan fingerprint density at radius 1 is 1.35 bits per heavy atom. The van der Waals surface area contributed by atoms with Crippen LogP contribution in [-0.2, 0) is 23.3 Å². The normalized spacial score (nSPS) is 14.7. The maximum Gasteiger partial charge on any atom is 0.227 e. The topological polar surface area (TPSA) is 71.0 Å². The molecule has 2 aromatic heterocycles. The lowest BCUT2D eigenvalue weighted by Gasteiger charge is -2.16. The molecule has 0 saturated carbocycles. The van der Waals surface area contributed by atoms with Gasteiger partial charge in [-0.1, -0.05) is 20.8 Å². The van der Waals surface area contributed by atoms with E-state index < -0.39 is 0 Å². The van der Waals surface area contributed by atoms with Crippen LogP contribution >= 0.6 is 11.3 Å². The van der Waals surface area contributed by atoms with Crippen LogP contribution in [0.3, 0.4) is 0 Å². The molecule has 0 saturated heterocycles. The minimum absolute atomic E-state index is 0.00243. The average Bonchev–Trinajstić information content (AvgIpc) is 3.11. The third-order valence-electron chi connectivity index (χ3n) is 3.73. The predicted octanol–water partition coefficient (Wildman–Crippen LogP) is 2.58. The summed E-state index contributed by atoms with van der Waals surface area (Å²) < 4.78 is 0. The number of rotatable bonds is 4. The lowest BCUT2D eigenvalue weighted by atomic mass is 9.95. The summed E-state index contributed by atoms with van der Waals surface area (Å²) in [6.07, 6.45) is 4.06. The number of amides is 1. The Labute approximate surface area is 140 Å². The van der Waals surface area contributed by atoms with E-state index in [1.54, 1.807) is 6.20 Å². The molecule has 1 amide bonds. The zero-order valence-electron chi connectivity index (χ0n) is 13.7. The summed E-state index contributed by atoms with van der Waals surface area (Å²) in [4.78, 5) is 27.4. The van der Waals surface area contributed by atoms with Gasteiger partial charge in [0.1, 0.15) is 5.82 Å². The molecule has 3 heterocycles. The minimum Gasteiger partial charge on any atom is -0.302 e. The van der Waals surface area contributed by atoms with Crippen LogP contribution in [0.1, 0.15) is 44.3 Å². The number of carbonyl (C=O) groups excluding carboxylic acids is 1. The van der Waals surface area contributed by atoms with E-state index in [9.17, 15) is 4.79 Å². The van der Waals surface area contributed by atoms with E-state index in [1.165, 1.54) is 16.9 Å². The number of carbonyl (C=O) groups is 1. The first-order chi connectivity index (χ1) is 10.9. The Kier molecular flexibility index (Phi) is 4.41. The Morgan fingerprint density at radius 3 is 2.87 bits per heavy atom. The molecular formula is C16H21N5OS. The highest BCUT2D eigenvalue weighted by atomic mass is 32.1. The van der Waals surface area contributed by atoms with E-state index >= 15 is 0 Å².